The number of hydrogen-bond donors (Lipinski definition) is 2. The average molecular weight is 254 g/mol. The summed E-state index contributed by atoms with van der Waals surface area (Å²) in [5.74, 6) is -2.74. The minimum absolute atomic E-state index is 0.0140. The molecule has 18 heavy (non-hydrogen) atoms. The van der Waals surface area contributed by atoms with Crippen LogP contribution in [0.15, 0.2) is 18.2 Å². The van der Waals surface area contributed by atoms with Gasteiger partial charge in [-0.1, -0.05) is 19.9 Å². The number of nitrogens with one attached hydrogen (secondary N) is 1. The molecule has 3 nitrogen and oxygen atoms in total. The predicted molar refractivity (Wildman–Crippen MR) is 64.0 cm³/mol. The SMILES string of the molecule is CC1(C)C(N)CC1NC(=O)c1cccc(F)c1F. The third-order valence-electron chi connectivity index (χ3n) is 3.84. The smallest absolute Gasteiger partial charge is 0.254 e. The first-order valence-corrected chi connectivity index (χ1v) is 5.84. The van der Waals surface area contributed by atoms with Gasteiger partial charge in [0.15, 0.2) is 11.6 Å². The topological polar surface area (TPSA) is 55.1 Å². The van der Waals surface area contributed by atoms with Crippen molar-refractivity contribution in [1.29, 1.82) is 0 Å². The monoisotopic (exact) mass is 254 g/mol. The molecule has 0 bridgehead atoms. The second-order valence-corrected chi connectivity index (χ2v) is 5.29. The van der Waals surface area contributed by atoms with E-state index in [0.717, 1.165) is 6.07 Å². The van der Waals surface area contributed by atoms with Crippen LogP contribution >= 0.6 is 0 Å². The van der Waals surface area contributed by atoms with E-state index in [1.165, 1.54) is 12.1 Å². The van der Waals surface area contributed by atoms with Crippen LogP contribution in [0.25, 0.3) is 0 Å². The first-order valence-electron chi connectivity index (χ1n) is 5.84. The highest BCUT2D eigenvalue weighted by atomic mass is 19.2. The quantitative estimate of drug-likeness (QED) is 0.845. The Balaban J connectivity index is 2.12. The van der Waals surface area contributed by atoms with Crippen molar-refractivity contribution in [3.8, 4) is 0 Å². The molecular formula is C13H16F2N2O. The molecule has 1 saturated carbocycles. The first-order chi connectivity index (χ1) is 8.34. The second-order valence-electron chi connectivity index (χ2n) is 5.29. The molecular weight excluding hydrogens is 238 g/mol. The van der Waals surface area contributed by atoms with Crippen molar-refractivity contribution >= 4 is 5.91 Å². The Hall–Kier alpha value is -1.49. The molecule has 5 heteroatoms. The zero-order valence-electron chi connectivity index (χ0n) is 10.3. The fourth-order valence-electron chi connectivity index (χ4n) is 2.12. The van der Waals surface area contributed by atoms with Crippen LogP contribution in [-0.2, 0) is 0 Å². The molecule has 2 atom stereocenters. The van der Waals surface area contributed by atoms with Gasteiger partial charge in [-0.2, -0.15) is 0 Å². The first kappa shape index (κ1) is 13.0. The van der Waals surface area contributed by atoms with Gasteiger partial charge in [-0.25, -0.2) is 8.78 Å². The van der Waals surface area contributed by atoms with Crippen LogP contribution in [-0.4, -0.2) is 18.0 Å². The highest BCUT2D eigenvalue weighted by Gasteiger charge is 2.46. The number of amides is 1. The molecule has 1 aromatic carbocycles. The van der Waals surface area contributed by atoms with Gasteiger partial charge in [0.1, 0.15) is 0 Å². The average Bonchev–Trinajstić information content (AvgIpc) is 2.32. The number of hydrogen-bond acceptors (Lipinski definition) is 2. The maximum atomic E-state index is 13.4. The Morgan fingerprint density at radius 2 is 2.11 bits per heavy atom. The van der Waals surface area contributed by atoms with Crippen molar-refractivity contribution in [2.75, 3.05) is 0 Å². The lowest BCUT2D eigenvalue weighted by Gasteiger charge is -2.50. The van der Waals surface area contributed by atoms with Gasteiger partial charge in [0, 0.05) is 17.5 Å². The van der Waals surface area contributed by atoms with Crippen LogP contribution in [0.4, 0.5) is 8.78 Å². The second kappa shape index (κ2) is 4.31. The van der Waals surface area contributed by atoms with Gasteiger partial charge >= 0.3 is 0 Å². The number of nitrogens with two attached hydrogens (primary N) is 1. The zero-order chi connectivity index (χ0) is 13.5. The Bertz CT molecular complexity index is 488. The third kappa shape index (κ3) is 1.99. The Labute approximate surface area is 104 Å². The van der Waals surface area contributed by atoms with Crippen molar-refractivity contribution in [3.05, 3.63) is 35.4 Å². The Morgan fingerprint density at radius 1 is 1.44 bits per heavy atom. The standard InChI is InChI=1S/C13H16F2N2O/c1-13(2)9(16)6-10(13)17-12(18)7-4-3-5-8(14)11(7)15/h3-5,9-10H,6,16H2,1-2H3,(H,17,18). The molecule has 2 unspecified atom stereocenters. The van der Waals surface area contributed by atoms with Crippen LogP contribution in [0, 0.1) is 17.0 Å². The molecule has 0 aromatic heterocycles. The maximum absolute atomic E-state index is 13.4. The summed E-state index contributed by atoms with van der Waals surface area (Å²) in [5, 5.41) is 2.70. The van der Waals surface area contributed by atoms with Gasteiger partial charge in [0.2, 0.25) is 0 Å². The summed E-state index contributed by atoms with van der Waals surface area (Å²) >= 11 is 0. The van der Waals surface area contributed by atoms with Gasteiger partial charge in [-0.15, -0.1) is 0 Å². The van der Waals surface area contributed by atoms with Crippen LogP contribution in [0.2, 0.25) is 0 Å². The minimum atomic E-state index is -1.11. The Morgan fingerprint density at radius 3 is 2.67 bits per heavy atom. The summed E-state index contributed by atoms with van der Waals surface area (Å²) in [7, 11) is 0. The summed E-state index contributed by atoms with van der Waals surface area (Å²) in [4.78, 5) is 11.9. The molecule has 0 radical (unpaired) electrons. The fourth-order valence-corrected chi connectivity index (χ4v) is 2.12. The molecule has 3 N–H and O–H groups in total. The molecule has 0 spiro atoms. The lowest BCUT2D eigenvalue weighted by Crippen LogP contribution is -2.64. The molecule has 1 amide bonds. The molecule has 1 aliphatic rings. The van der Waals surface area contributed by atoms with E-state index in [2.05, 4.69) is 5.32 Å². The number of carbonyl (C=O) groups is 1. The molecule has 1 aromatic rings. The van der Waals surface area contributed by atoms with Crippen molar-refractivity contribution in [1.82, 2.24) is 5.32 Å². The maximum Gasteiger partial charge on any atom is 0.254 e. The van der Waals surface area contributed by atoms with Crippen molar-refractivity contribution in [2.24, 2.45) is 11.1 Å². The van der Waals surface area contributed by atoms with E-state index < -0.39 is 17.5 Å². The lowest BCUT2D eigenvalue weighted by atomic mass is 9.63. The fraction of sp³-hybridized carbons (Fsp3) is 0.462. The highest BCUT2D eigenvalue weighted by Crippen LogP contribution is 2.39. The molecule has 98 valence electrons. The van der Waals surface area contributed by atoms with Crippen LogP contribution in [0.5, 0.6) is 0 Å². The van der Waals surface area contributed by atoms with E-state index in [1.807, 2.05) is 13.8 Å². The number of halogens is 2. The third-order valence-corrected chi connectivity index (χ3v) is 3.84. The highest BCUT2D eigenvalue weighted by molar-refractivity contribution is 5.94. The molecule has 1 fully saturated rings. The summed E-state index contributed by atoms with van der Waals surface area (Å²) < 4.78 is 26.4. The Kier molecular flexibility index (Phi) is 3.11. The number of carbonyl (C=O) groups excluding carboxylic acids is 1. The molecule has 0 saturated heterocycles. The summed E-state index contributed by atoms with van der Waals surface area (Å²) in [6.45, 7) is 3.88. The van der Waals surface area contributed by atoms with Gasteiger partial charge in [0.25, 0.3) is 5.91 Å². The van der Waals surface area contributed by atoms with E-state index in [-0.39, 0.29) is 23.1 Å². The van der Waals surface area contributed by atoms with E-state index in [9.17, 15) is 13.6 Å². The van der Waals surface area contributed by atoms with Gasteiger partial charge in [-0.3, -0.25) is 4.79 Å². The predicted octanol–water partition coefficient (Wildman–Crippen LogP) is 1.82. The van der Waals surface area contributed by atoms with Crippen molar-refractivity contribution in [3.63, 3.8) is 0 Å². The van der Waals surface area contributed by atoms with Crippen molar-refractivity contribution < 1.29 is 13.6 Å². The van der Waals surface area contributed by atoms with E-state index in [1.54, 1.807) is 0 Å². The van der Waals surface area contributed by atoms with Crippen LogP contribution in [0.1, 0.15) is 30.6 Å². The van der Waals surface area contributed by atoms with Gasteiger partial charge < -0.3 is 11.1 Å². The summed E-state index contributed by atoms with van der Waals surface area (Å²) in [6, 6.07) is 3.46. The minimum Gasteiger partial charge on any atom is -0.349 e. The lowest BCUT2D eigenvalue weighted by molar-refractivity contribution is 0.0583. The molecule has 0 aliphatic heterocycles. The summed E-state index contributed by atoms with van der Waals surface area (Å²) in [5.41, 5.74) is 5.33. The van der Waals surface area contributed by atoms with E-state index >= 15 is 0 Å². The normalized spacial score (nSPS) is 25.4. The zero-order valence-corrected chi connectivity index (χ0v) is 10.3. The number of benzene rings is 1. The molecule has 1 aliphatic carbocycles. The van der Waals surface area contributed by atoms with Crippen molar-refractivity contribution in [2.45, 2.75) is 32.4 Å². The van der Waals surface area contributed by atoms with Crippen LogP contribution in [0.3, 0.4) is 0 Å². The number of rotatable bonds is 2. The molecule has 0 heterocycles. The van der Waals surface area contributed by atoms with Gasteiger partial charge in [-0.05, 0) is 18.6 Å². The summed E-state index contributed by atoms with van der Waals surface area (Å²) in [6.07, 6.45) is 0.648. The van der Waals surface area contributed by atoms with Gasteiger partial charge in [0.05, 0.1) is 5.56 Å². The van der Waals surface area contributed by atoms with Crippen LogP contribution < -0.4 is 11.1 Å². The molecule has 2 rings (SSSR count). The van der Waals surface area contributed by atoms with E-state index in [0.29, 0.717) is 6.42 Å². The largest absolute Gasteiger partial charge is 0.349 e. The van der Waals surface area contributed by atoms with E-state index in [4.69, 9.17) is 5.73 Å².